The van der Waals surface area contributed by atoms with Crippen LogP contribution in [0.2, 0.25) is 0 Å². The molecule has 0 spiro atoms. The Hall–Kier alpha value is -2.38. The number of ether oxygens (including phenoxy) is 1. The van der Waals surface area contributed by atoms with Crippen molar-refractivity contribution in [2.24, 2.45) is 5.92 Å². The molecule has 7 heteroatoms. The fraction of sp³-hybridized carbons (Fsp3) is 0.381. The van der Waals surface area contributed by atoms with Crippen molar-refractivity contribution in [3.05, 3.63) is 59.7 Å². The molecule has 1 N–H and O–H groups in total. The molecule has 1 heterocycles. The number of hydrogen-bond acceptors (Lipinski definition) is 4. The van der Waals surface area contributed by atoms with Crippen LogP contribution in [0.1, 0.15) is 24.5 Å². The van der Waals surface area contributed by atoms with Gasteiger partial charge in [0.2, 0.25) is 10.0 Å². The summed E-state index contributed by atoms with van der Waals surface area (Å²) in [6, 6.07) is 14.3. The Bertz CT molecular complexity index is 924. The van der Waals surface area contributed by atoms with Gasteiger partial charge >= 0.3 is 5.97 Å². The van der Waals surface area contributed by atoms with Gasteiger partial charge in [0.05, 0.1) is 13.0 Å². The topological polar surface area (TPSA) is 83.9 Å². The molecule has 0 amide bonds. The van der Waals surface area contributed by atoms with Crippen LogP contribution in [0.5, 0.6) is 5.75 Å². The van der Waals surface area contributed by atoms with Gasteiger partial charge in [0, 0.05) is 13.1 Å². The fourth-order valence-corrected chi connectivity index (χ4v) is 5.22. The molecule has 3 rings (SSSR count). The number of carboxylic acids is 1. The van der Waals surface area contributed by atoms with E-state index in [0.29, 0.717) is 25.4 Å². The summed E-state index contributed by atoms with van der Waals surface area (Å²) >= 11 is 0. The number of carboxylic acid groups (broad SMARTS) is 1. The van der Waals surface area contributed by atoms with Crippen molar-refractivity contribution in [1.82, 2.24) is 4.31 Å². The first kappa shape index (κ1) is 20.4. The van der Waals surface area contributed by atoms with Crippen LogP contribution in [0.4, 0.5) is 0 Å². The zero-order valence-corrected chi connectivity index (χ0v) is 16.7. The number of nitrogens with zero attached hydrogens (tertiary/aromatic N) is 1. The molecule has 0 bridgehead atoms. The maximum absolute atomic E-state index is 13.1. The zero-order chi connectivity index (χ0) is 20.1. The van der Waals surface area contributed by atoms with E-state index in [-0.39, 0.29) is 17.2 Å². The summed E-state index contributed by atoms with van der Waals surface area (Å²) in [5.41, 5.74) is 1.85. The van der Waals surface area contributed by atoms with Crippen LogP contribution < -0.4 is 4.74 Å². The first-order valence-electron chi connectivity index (χ1n) is 9.41. The Morgan fingerprint density at radius 2 is 1.82 bits per heavy atom. The predicted octanol–water partition coefficient (Wildman–Crippen LogP) is 2.97. The van der Waals surface area contributed by atoms with Gasteiger partial charge < -0.3 is 9.84 Å². The Morgan fingerprint density at radius 1 is 1.14 bits per heavy atom. The highest BCUT2D eigenvalue weighted by atomic mass is 32.2. The van der Waals surface area contributed by atoms with Gasteiger partial charge in [-0.2, -0.15) is 4.31 Å². The minimum atomic E-state index is -3.59. The van der Waals surface area contributed by atoms with E-state index in [0.717, 1.165) is 24.0 Å². The van der Waals surface area contributed by atoms with Crippen LogP contribution in [-0.4, -0.2) is 43.5 Å². The van der Waals surface area contributed by atoms with Gasteiger partial charge in [-0.3, -0.25) is 4.79 Å². The number of benzene rings is 2. The molecule has 1 atom stereocenters. The van der Waals surface area contributed by atoms with Crippen molar-refractivity contribution < 1.29 is 23.1 Å². The second-order valence-electron chi connectivity index (χ2n) is 6.99. The molecule has 0 radical (unpaired) electrons. The van der Waals surface area contributed by atoms with E-state index in [4.69, 9.17) is 9.84 Å². The Balaban J connectivity index is 1.67. The number of rotatable bonds is 8. The third-order valence-corrected chi connectivity index (χ3v) is 6.82. The second-order valence-corrected chi connectivity index (χ2v) is 8.89. The first-order valence-corrected chi connectivity index (χ1v) is 10.9. The standard InChI is InChI=1S/C21H25NO5S/c1-2-27-19-5-3-4-6-20(19)28(25,26)22-12-11-18(15-22)13-16-7-9-17(10-8-16)14-21(23)24/h3-10,18H,2,11-15H2,1H3,(H,23,24). The molecule has 1 saturated heterocycles. The quantitative estimate of drug-likeness (QED) is 0.733. The zero-order valence-electron chi connectivity index (χ0n) is 15.9. The van der Waals surface area contributed by atoms with Crippen molar-refractivity contribution in [3.8, 4) is 5.75 Å². The molecule has 2 aromatic rings. The average Bonchev–Trinajstić information content (AvgIpc) is 3.13. The number of para-hydroxylation sites is 1. The third-order valence-electron chi connectivity index (χ3n) is 4.92. The molecular formula is C21H25NO5S. The fourth-order valence-electron chi connectivity index (χ4n) is 3.56. The maximum atomic E-state index is 13.1. The molecule has 150 valence electrons. The molecule has 0 saturated carbocycles. The van der Waals surface area contributed by atoms with Crippen molar-refractivity contribution in [2.45, 2.75) is 31.1 Å². The van der Waals surface area contributed by atoms with Crippen molar-refractivity contribution in [2.75, 3.05) is 19.7 Å². The largest absolute Gasteiger partial charge is 0.492 e. The Labute approximate surface area is 165 Å². The lowest BCUT2D eigenvalue weighted by Crippen LogP contribution is -2.29. The molecule has 6 nitrogen and oxygen atoms in total. The van der Waals surface area contributed by atoms with Gasteiger partial charge in [-0.05, 0) is 48.9 Å². The van der Waals surface area contributed by atoms with Crippen LogP contribution in [0, 0.1) is 5.92 Å². The Morgan fingerprint density at radius 3 is 2.50 bits per heavy atom. The SMILES string of the molecule is CCOc1ccccc1S(=O)(=O)N1CCC(Cc2ccc(CC(=O)O)cc2)C1. The van der Waals surface area contributed by atoms with Crippen LogP contribution in [0.3, 0.4) is 0 Å². The highest BCUT2D eigenvalue weighted by Gasteiger charge is 2.34. The summed E-state index contributed by atoms with van der Waals surface area (Å²) in [7, 11) is -3.59. The molecule has 0 aromatic heterocycles. The Kier molecular flexibility index (Phi) is 6.36. The molecule has 1 unspecified atom stereocenters. The molecule has 28 heavy (non-hydrogen) atoms. The number of aliphatic carboxylic acids is 1. The van der Waals surface area contributed by atoms with E-state index in [1.165, 1.54) is 4.31 Å². The highest BCUT2D eigenvalue weighted by molar-refractivity contribution is 7.89. The predicted molar refractivity (Wildman–Crippen MR) is 106 cm³/mol. The van der Waals surface area contributed by atoms with Gasteiger partial charge in [-0.25, -0.2) is 8.42 Å². The number of sulfonamides is 1. The molecule has 1 fully saturated rings. The van der Waals surface area contributed by atoms with E-state index < -0.39 is 16.0 Å². The van der Waals surface area contributed by atoms with E-state index in [9.17, 15) is 13.2 Å². The van der Waals surface area contributed by atoms with Crippen LogP contribution >= 0.6 is 0 Å². The second kappa shape index (κ2) is 8.75. The summed E-state index contributed by atoms with van der Waals surface area (Å²) < 4.78 is 33.2. The number of carbonyl (C=O) groups is 1. The molecular weight excluding hydrogens is 378 g/mol. The molecule has 0 aliphatic carbocycles. The van der Waals surface area contributed by atoms with Crippen LogP contribution in [-0.2, 0) is 27.7 Å². The van der Waals surface area contributed by atoms with Crippen molar-refractivity contribution in [3.63, 3.8) is 0 Å². The number of hydrogen-bond donors (Lipinski definition) is 1. The van der Waals surface area contributed by atoms with E-state index in [2.05, 4.69) is 0 Å². The minimum Gasteiger partial charge on any atom is -0.492 e. The normalized spacial score (nSPS) is 17.5. The van der Waals surface area contributed by atoms with Crippen molar-refractivity contribution in [1.29, 1.82) is 0 Å². The summed E-state index contributed by atoms with van der Waals surface area (Å²) in [5.74, 6) is -0.224. The van der Waals surface area contributed by atoms with E-state index in [1.54, 1.807) is 24.3 Å². The molecule has 2 aromatic carbocycles. The first-order chi connectivity index (χ1) is 13.4. The monoisotopic (exact) mass is 403 g/mol. The molecule has 1 aliphatic rings. The third kappa shape index (κ3) is 4.72. The van der Waals surface area contributed by atoms with E-state index in [1.807, 2.05) is 31.2 Å². The van der Waals surface area contributed by atoms with Gasteiger partial charge in [0.25, 0.3) is 0 Å². The lowest BCUT2D eigenvalue weighted by molar-refractivity contribution is -0.136. The van der Waals surface area contributed by atoms with E-state index >= 15 is 0 Å². The van der Waals surface area contributed by atoms with Crippen molar-refractivity contribution >= 4 is 16.0 Å². The maximum Gasteiger partial charge on any atom is 0.307 e. The lowest BCUT2D eigenvalue weighted by Gasteiger charge is -2.19. The minimum absolute atomic E-state index is 0.00890. The average molecular weight is 404 g/mol. The smallest absolute Gasteiger partial charge is 0.307 e. The van der Waals surface area contributed by atoms with Gasteiger partial charge in [0.1, 0.15) is 10.6 Å². The highest BCUT2D eigenvalue weighted by Crippen LogP contribution is 2.31. The summed E-state index contributed by atoms with van der Waals surface area (Å²) in [4.78, 5) is 11.0. The summed E-state index contributed by atoms with van der Waals surface area (Å²) in [5, 5.41) is 8.85. The van der Waals surface area contributed by atoms with Gasteiger partial charge in [-0.1, -0.05) is 36.4 Å². The van der Waals surface area contributed by atoms with Crippen LogP contribution in [0.15, 0.2) is 53.4 Å². The van der Waals surface area contributed by atoms with Gasteiger partial charge in [0.15, 0.2) is 0 Å². The lowest BCUT2D eigenvalue weighted by atomic mass is 9.97. The summed E-state index contributed by atoms with van der Waals surface area (Å²) in [6.07, 6.45) is 1.58. The summed E-state index contributed by atoms with van der Waals surface area (Å²) in [6.45, 7) is 3.20. The van der Waals surface area contributed by atoms with Gasteiger partial charge in [-0.15, -0.1) is 0 Å². The molecule has 1 aliphatic heterocycles. The van der Waals surface area contributed by atoms with Crippen LogP contribution in [0.25, 0.3) is 0 Å².